The van der Waals surface area contributed by atoms with E-state index in [0.29, 0.717) is 9.90 Å². The Morgan fingerprint density at radius 3 is 2.18 bits per heavy atom. The third kappa shape index (κ3) is 3.08. The molecule has 1 atom stereocenters. The Bertz CT molecular complexity index is 517. The van der Waals surface area contributed by atoms with Crippen LogP contribution in [-0.4, -0.2) is 0 Å². The van der Waals surface area contributed by atoms with Gasteiger partial charge in [-0.1, -0.05) is 27.5 Å². The number of benzene rings is 1. The van der Waals surface area contributed by atoms with Gasteiger partial charge in [0.1, 0.15) is 16.0 Å². The molecule has 6 heteroatoms. The topological polar surface area (TPSA) is 0 Å². The first-order valence-electron chi connectivity index (χ1n) is 4.52. The van der Waals surface area contributed by atoms with E-state index in [1.807, 2.05) is 6.07 Å². The maximum absolute atomic E-state index is 13.1. The third-order valence-corrected chi connectivity index (χ3v) is 5.96. The Balaban J connectivity index is 2.39. The van der Waals surface area contributed by atoms with Crippen LogP contribution in [0.1, 0.15) is 15.3 Å². The molecule has 0 aliphatic rings. The lowest BCUT2D eigenvalue weighted by Gasteiger charge is -2.08. The zero-order valence-corrected chi connectivity index (χ0v) is 12.9. The highest BCUT2D eigenvalue weighted by molar-refractivity contribution is 9.10. The zero-order chi connectivity index (χ0) is 12.6. The molecule has 0 radical (unpaired) electrons. The van der Waals surface area contributed by atoms with E-state index in [9.17, 15) is 8.78 Å². The van der Waals surface area contributed by atoms with Crippen LogP contribution in [0.4, 0.5) is 8.78 Å². The highest BCUT2D eigenvalue weighted by atomic mass is 79.9. The SMILES string of the molecule is Fc1cc(F)cc(C(Br)c2cc(Br)c(Cl)s2)c1. The van der Waals surface area contributed by atoms with Crippen LogP contribution in [-0.2, 0) is 0 Å². The molecule has 0 N–H and O–H groups in total. The first kappa shape index (κ1) is 13.5. The molecule has 2 aromatic rings. The summed E-state index contributed by atoms with van der Waals surface area (Å²) in [4.78, 5) is 0.605. The van der Waals surface area contributed by atoms with Crippen molar-refractivity contribution < 1.29 is 8.78 Å². The summed E-state index contributed by atoms with van der Waals surface area (Å²) in [5.41, 5.74) is 0.521. The summed E-state index contributed by atoms with van der Waals surface area (Å²) in [6.07, 6.45) is 0. The largest absolute Gasteiger partial charge is 0.207 e. The van der Waals surface area contributed by atoms with Gasteiger partial charge in [0.2, 0.25) is 0 Å². The van der Waals surface area contributed by atoms with Gasteiger partial charge in [-0.3, -0.25) is 0 Å². The predicted molar refractivity (Wildman–Crippen MR) is 74.2 cm³/mol. The van der Waals surface area contributed by atoms with Gasteiger partial charge in [-0.05, 0) is 39.7 Å². The van der Waals surface area contributed by atoms with Crippen LogP contribution in [0, 0.1) is 11.6 Å². The van der Waals surface area contributed by atoms with Gasteiger partial charge in [-0.25, -0.2) is 8.78 Å². The number of alkyl halides is 1. The van der Waals surface area contributed by atoms with E-state index < -0.39 is 11.6 Å². The molecule has 0 aliphatic heterocycles. The fourth-order valence-corrected chi connectivity index (χ4v) is 3.79. The molecule has 17 heavy (non-hydrogen) atoms. The first-order valence-corrected chi connectivity index (χ1v) is 7.42. The minimum absolute atomic E-state index is 0.276. The van der Waals surface area contributed by atoms with Crippen LogP contribution in [0.2, 0.25) is 4.34 Å². The summed E-state index contributed by atoms with van der Waals surface area (Å²) in [5.74, 6) is -1.18. The molecule has 1 unspecified atom stereocenters. The van der Waals surface area contributed by atoms with E-state index >= 15 is 0 Å². The van der Waals surface area contributed by atoms with Crippen molar-refractivity contribution >= 4 is 54.8 Å². The van der Waals surface area contributed by atoms with Crippen LogP contribution < -0.4 is 0 Å². The van der Waals surface area contributed by atoms with E-state index in [1.165, 1.54) is 23.5 Å². The average molecular weight is 402 g/mol. The molecule has 0 saturated heterocycles. The van der Waals surface area contributed by atoms with Gasteiger partial charge in [0, 0.05) is 15.4 Å². The summed E-state index contributed by atoms with van der Waals surface area (Å²) < 4.78 is 27.6. The second kappa shape index (κ2) is 5.34. The van der Waals surface area contributed by atoms with Crippen molar-refractivity contribution in [3.05, 3.63) is 55.1 Å². The molecule has 0 spiro atoms. The lowest BCUT2D eigenvalue weighted by molar-refractivity contribution is 0.580. The molecule has 2 rings (SSSR count). The molecule has 90 valence electrons. The molecule has 0 bridgehead atoms. The summed E-state index contributed by atoms with van der Waals surface area (Å²) >= 11 is 14.0. The Morgan fingerprint density at radius 1 is 1.12 bits per heavy atom. The van der Waals surface area contributed by atoms with Crippen molar-refractivity contribution in [2.75, 3.05) is 0 Å². The van der Waals surface area contributed by atoms with Crippen LogP contribution >= 0.6 is 54.8 Å². The van der Waals surface area contributed by atoms with Crippen LogP contribution in [0.15, 0.2) is 28.7 Å². The molecule has 1 aromatic carbocycles. The standard InChI is InChI=1S/C11H5Br2ClF2S/c12-8-4-9(17-11(8)14)10(13)5-1-6(15)3-7(16)2-5/h1-4,10H. The van der Waals surface area contributed by atoms with Crippen molar-refractivity contribution in [3.8, 4) is 0 Å². The monoisotopic (exact) mass is 400 g/mol. The van der Waals surface area contributed by atoms with Crippen molar-refractivity contribution in [2.24, 2.45) is 0 Å². The zero-order valence-electron chi connectivity index (χ0n) is 8.18. The van der Waals surface area contributed by atoms with Crippen LogP contribution in [0.5, 0.6) is 0 Å². The van der Waals surface area contributed by atoms with Gasteiger partial charge in [-0.15, -0.1) is 11.3 Å². The number of rotatable bonds is 2. The molecule has 0 fully saturated rings. The van der Waals surface area contributed by atoms with E-state index in [1.54, 1.807) is 0 Å². The van der Waals surface area contributed by atoms with Gasteiger partial charge in [-0.2, -0.15) is 0 Å². The number of halogens is 5. The average Bonchev–Trinajstić information content (AvgIpc) is 2.57. The number of hydrogen-bond donors (Lipinski definition) is 0. The molecular weight excluding hydrogens is 397 g/mol. The molecular formula is C11H5Br2ClF2S. The minimum Gasteiger partial charge on any atom is -0.207 e. The van der Waals surface area contributed by atoms with Gasteiger partial charge in [0.15, 0.2) is 0 Å². The minimum atomic E-state index is -0.592. The van der Waals surface area contributed by atoms with Crippen molar-refractivity contribution in [2.45, 2.75) is 4.83 Å². The molecule has 0 saturated carbocycles. The molecule has 0 aliphatic carbocycles. The van der Waals surface area contributed by atoms with E-state index in [-0.39, 0.29) is 4.83 Å². The quantitative estimate of drug-likeness (QED) is 0.547. The normalized spacial score (nSPS) is 12.8. The Labute approximate surface area is 123 Å². The maximum atomic E-state index is 13.1. The van der Waals surface area contributed by atoms with Crippen molar-refractivity contribution in [1.29, 1.82) is 0 Å². The van der Waals surface area contributed by atoms with Crippen LogP contribution in [0.3, 0.4) is 0 Å². The highest BCUT2D eigenvalue weighted by Gasteiger charge is 2.16. The predicted octanol–water partition coefficient (Wildman–Crippen LogP) is 5.93. The van der Waals surface area contributed by atoms with Crippen LogP contribution in [0.25, 0.3) is 0 Å². The second-order valence-corrected chi connectivity index (χ2v) is 6.79. The summed E-state index contributed by atoms with van der Waals surface area (Å²) in [6, 6.07) is 5.27. The number of thiophene rings is 1. The smallest absolute Gasteiger partial charge is 0.126 e. The van der Waals surface area contributed by atoms with E-state index in [0.717, 1.165) is 15.4 Å². The molecule has 0 nitrogen and oxygen atoms in total. The number of hydrogen-bond acceptors (Lipinski definition) is 1. The maximum Gasteiger partial charge on any atom is 0.126 e. The van der Waals surface area contributed by atoms with Gasteiger partial charge in [0.25, 0.3) is 0 Å². The summed E-state index contributed by atoms with van der Waals surface area (Å²) in [7, 11) is 0. The molecule has 0 amide bonds. The van der Waals surface area contributed by atoms with Gasteiger partial charge < -0.3 is 0 Å². The lowest BCUT2D eigenvalue weighted by Crippen LogP contribution is -1.92. The third-order valence-electron chi connectivity index (χ3n) is 2.09. The van der Waals surface area contributed by atoms with Gasteiger partial charge in [0.05, 0.1) is 4.83 Å². The highest BCUT2D eigenvalue weighted by Crippen LogP contribution is 2.41. The molecule has 1 heterocycles. The van der Waals surface area contributed by atoms with E-state index in [2.05, 4.69) is 31.9 Å². The summed E-state index contributed by atoms with van der Waals surface area (Å²) in [5, 5.41) is 0. The fourth-order valence-electron chi connectivity index (χ4n) is 1.37. The van der Waals surface area contributed by atoms with Gasteiger partial charge >= 0.3 is 0 Å². The van der Waals surface area contributed by atoms with E-state index in [4.69, 9.17) is 11.6 Å². The Morgan fingerprint density at radius 2 is 1.71 bits per heavy atom. The lowest BCUT2D eigenvalue weighted by atomic mass is 10.1. The fraction of sp³-hybridized carbons (Fsp3) is 0.0909. The Kier molecular flexibility index (Phi) is 4.23. The Hall–Kier alpha value is 0.0300. The second-order valence-electron chi connectivity index (χ2n) is 3.34. The van der Waals surface area contributed by atoms with Crippen molar-refractivity contribution in [1.82, 2.24) is 0 Å². The van der Waals surface area contributed by atoms with Crippen molar-refractivity contribution in [3.63, 3.8) is 0 Å². The molecule has 1 aromatic heterocycles. The first-order chi connectivity index (χ1) is 7.97. The summed E-state index contributed by atoms with van der Waals surface area (Å²) in [6.45, 7) is 0.